The highest BCUT2D eigenvalue weighted by molar-refractivity contribution is 5.49. The Labute approximate surface area is 257 Å². The van der Waals surface area contributed by atoms with Crippen molar-refractivity contribution in [3.05, 3.63) is 65.2 Å². The average molecular weight is 617 g/mol. The van der Waals surface area contributed by atoms with Crippen LogP contribution in [0.2, 0.25) is 0 Å². The summed E-state index contributed by atoms with van der Waals surface area (Å²) in [4.78, 5) is 16.5. The molecule has 44 heavy (non-hydrogen) atoms. The summed E-state index contributed by atoms with van der Waals surface area (Å²) in [6.07, 6.45) is -1.32. The normalized spacial score (nSPS) is 37.5. The molecule has 6 fully saturated rings. The second kappa shape index (κ2) is 11.5. The molecule has 6 aliphatic rings. The van der Waals surface area contributed by atoms with E-state index < -0.39 is 35.7 Å². The quantitative estimate of drug-likeness (QED) is 0.333. The van der Waals surface area contributed by atoms with E-state index in [1.54, 1.807) is 6.07 Å². The molecule has 5 aliphatic heterocycles. The van der Waals surface area contributed by atoms with Crippen LogP contribution in [-0.2, 0) is 43.3 Å². The Hall–Kier alpha value is -2.21. The third kappa shape index (κ3) is 5.56. The Morgan fingerprint density at radius 3 is 2.48 bits per heavy atom. The van der Waals surface area contributed by atoms with Crippen LogP contribution in [0.1, 0.15) is 63.1 Å². The number of anilines is 1. The third-order valence-corrected chi connectivity index (χ3v) is 10.8. The lowest BCUT2D eigenvalue weighted by molar-refractivity contribution is -0.577. The van der Waals surface area contributed by atoms with Crippen LogP contribution in [0.25, 0.3) is 0 Å². The third-order valence-electron chi connectivity index (χ3n) is 10.8. The van der Waals surface area contributed by atoms with Crippen molar-refractivity contribution >= 4 is 5.69 Å². The first kappa shape index (κ1) is 30.4. The predicted octanol–water partition coefficient (Wildman–Crippen LogP) is 6.75. The zero-order valence-electron chi connectivity index (χ0n) is 25.7. The Morgan fingerprint density at radius 1 is 0.909 bits per heavy atom. The number of piperazine rings is 1. The van der Waals surface area contributed by atoms with Gasteiger partial charge in [-0.2, -0.15) is 13.2 Å². The number of nitrogens with zero attached hydrogens (tertiary/aromatic N) is 2. The summed E-state index contributed by atoms with van der Waals surface area (Å²) in [6, 6.07) is 14.0. The smallest absolute Gasteiger partial charge is 0.369 e. The molecule has 0 N–H and O–H groups in total. The maximum Gasteiger partial charge on any atom is 0.416 e. The Kier molecular flexibility index (Phi) is 7.99. The lowest BCUT2D eigenvalue weighted by Gasteiger charge is -2.60. The fraction of sp³-hybridized carbons (Fsp3) is 0.647. The Morgan fingerprint density at radius 2 is 1.68 bits per heavy atom. The second-order valence-electron chi connectivity index (χ2n) is 13.7. The van der Waals surface area contributed by atoms with E-state index in [0.717, 1.165) is 56.9 Å². The molecule has 0 radical (unpaired) electrons. The first-order chi connectivity index (χ1) is 21.0. The van der Waals surface area contributed by atoms with E-state index in [4.69, 9.17) is 24.0 Å². The van der Waals surface area contributed by atoms with Gasteiger partial charge in [0.05, 0.1) is 12.2 Å². The van der Waals surface area contributed by atoms with E-state index in [0.29, 0.717) is 37.2 Å². The minimum atomic E-state index is -4.34. The van der Waals surface area contributed by atoms with Gasteiger partial charge in [-0.3, -0.25) is 4.90 Å². The summed E-state index contributed by atoms with van der Waals surface area (Å²) in [7, 11) is 0. The van der Waals surface area contributed by atoms with E-state index in [1.165, 1.54) is 17.7 Å². The largest absolute Gasteiger partial charge is 0.416 e. The van der Waals surface area contributed by atoms with Crippen molar-refractivity contribution < 1.29 is 37.2 Å². The highest BCUT2D eigenvalue weighted by Gasteiger charge is 2.69. The van der Waals surface area contributed by atoms with E-state index >= 15 is 0 Å². The van der Waals surface area contributed by atoms with Crippen molar-refractivity contribution in [1.29, 1.82) is 0 Å². The van der Waals surface area contributed by atoms with Gasteiger partial charge >= 0.3 is 6.18 Å². The highest BCUT2D eigenvalue weighted by atomic mass is 19.4. The standard InChI is InChI=1S/C34H43F3N2O5/c1-22-10-11-29-23(2)30(41-31-33(29)28(22)12-13-32(3,42-31)43-44-33)40-21-25-7-4-6-24(18-25)20-38-14-16-39(17-15-38)27-9-5-8-26(19-27)34(35,36)37/h4-9,18-19,22-23,28-31H,10-17,20-21H2,1-3H3/t22-,23-,28+,29+,30+,31-,32+,33-/m1/s1. The SMILES string of the molecule is C[C@H]1[C@@H](OCc2cccc(CN3CCN(c4cccc(C(F)(F)F)c4)CC3)c2)O[C@@H]2O[C@]3(C)CC[C@H]4[C@H](C)CC[C@@H]1[C@@]24OO3. The van der Waals surface area contributed by atoms with Gasteiger partial charge in [0.2, 0.25) is 5.79 Å². The van der Waals surface area contributed by atoms with Crippen LogP contribution in [0.15, 0.2) is 48.5 Å². The molecule has 0 aromatic heterocycles. The Balaban J connectivity index is 0.966. The molecule has 2 bridgehead atoms. The molecule has 1 saturated carbocycles. The lowest BCUT2D eigenvalue weighted by atomic mass is 9.58. The molecule has 10 heteroatoms. The van der Waals surface area contributed by atoms with Crippen LogP contribution in [0.5, 0.6) is 0 Å². The summed E-state index contributed by atoms with van der Waals surface area (Å²) in [5, 5.41) is 0. The minimum Gasteiger partial charge on any atom is -0.369 e. The molecule has 8 rings (SSSR count). The first-order valence-corrected chi connectivity index (χ1v) is 16.1. The van der Waals surface area contributed by atoms with Crippen LogP contribution in [0, 0.1) is 23.7 Å². The van der Waals surface area contributed by atoms with Crippen LogP contribution >= 0.6 is 0 Å². The van der Waals surface area contributed by atoms with Gasteiger partial charge in [0.25, 0.3) is 0 Å². The van der Waals surface area contributed by atoms with Gasteiger partial charge in [-0.25, -0.2) is 9.78 Å². The lowest BCUT2D eigenvalue weighted by Crippen LogP contribution is -2.70. The van der Waals surface area contributed by atoms with Crippen molar-refractivity contribution in [2.75, 3.05) is 31.1 Å². The van der Waals surface area contributed by atoms with Crippen LogP contribution in [0.4, 0.5) is 18.9 Å². The molecular formula is C34H43F3N2O5. The number of fused-ring (bicyclic) bond motifs is 2. The Bertz CT molecular complexity index is 1340. The summed E-state index contributed by atoms with van der Waals surface area (Å²) in [5.74, 6) is 0.363. The zero-order chi connectivity index (χ0) is 30.7. The topological polar surface area (TPSA) is 52.6 Å². The van der Waals surface area contributed by atoms with Gasteiger partial charge in [0.1, 0.15) is 0 Å². The number of ether oxygens (including phenoxy) is 3. The van der Waals surface area contributed by atoms with Crippen LogP contribution < -0.4 is 4.90 Å². The second-order valence-corrected chi connectivity index (χ2v) is 13.7. The summed E-state index contributed by atoms with van der Waals surface area (Å²) in [6.45, 7) is 10.6. The summed E-state index contributed by atoms with van der Waals surface area (Å²) < 4.78 is 59.1. The van der Waals surface area contributed by atoms with Gasteiger partial charge in [-0.1, -0.05) is 44.2 Å². The van der Waals surface area contributed by atoms with Crippen LogP contribution in [0.3, 0.4) is 0 Å². The molecule has 5 saturated heterocycles. The molecule has 0 unspecified atom stereocenters. The molecule has 5 heterocycles. The van der Waals surface area contributed by atoms with Crippen molar-refractivity contribution in [1.82, 2.24) is 4.90 Å². The number of benzene rings is 2. The number of rotatable bonds is 6. The van der Waals surface area contributed by atoms with E-state index in [2.05, 4.69) is 43.0 Å². The van der Waals surface area contributed by atoms with Gasteiger partial charge < -0.3 is 19.1 Å². The first-order valence-electron chi connectivity index (χ1n) is 16.1. The monoisotopic (exact) mass is 616 g/mol. The molecule has 7 nitrogen and oxygen atoms in total. The molecule has 0 amide bonds. The minimum absolute atomic E-state index is 0.118. The number of hydrogen-bond donors (Lipinski definition) is 0. The molecule has 240 valence electrons. The summed E-state index contributed by atoms with van der Waals surface area (Å²) in [5.41, 5.74) is 1.68. The fourth-order valence-electron chi connectivity index (χ4n) is 8.36. The van der Waals surface area contributed by atoms with E-state index in [1.807, 2.05) is 11.8 Å². The van der Waals surface area contributed by atoms with Crippen LogP contribution in [-0.4, -0.2) is 55.0 Å². The predicted molar refractivity (Wildman–Crippen MR) is 157 cm³/mol. The maximum absolute atomic E-state index is 13.2. The van der Waals surface area contributed by atoms with E-state index in [-0.39, 0.29) is 11.8 Å². The molecule has 8 atom stereocenters. The number of halogens is 3. The highest BCUT2D eigenvalue weighted by Crippen LogP contribution is 2.60. The average Bonchev–Trinajstić information content (AvgIpc) is 3.24. The van der Waals surface area contributed by atoms with Gasteiger partial charge in [-0.15, -0.1) is 0 Å². The van der Waals surface area contributed by atoms with Crippen molar-refractivity contribution in [3.8, 4) is 0 Å². The van der Waals surface area contributed by atoms with Crippen molar-refractivity contribution in [2.45, 2.75) is 89.8 Å². The molecule has 1 aliphatic carbocycles. The van der Waals surface area contributed by atoms with Gasteiger partial charge in [0, 0.05) is 56.7 Å². The number of alkyl halides is 3. The number of hydrogen-bond acceptors (Lipinski definition) is 7. The van der Waals surface area contributed by atoms with Gasteiger partial charge in [-0.05, 0) is 67.3 Å². The molecular weight excluding hydrogens is 573 g/mol. The summed E-state index contributed by atoms with van der Waals surface area (Å²) >= 11 is 0. The van der Waals surface area contributed by atoms with Gasteiger partial charge in [0.15, 0.2) is 18.2 Å². The van der Waals surface area contributed by atoms with E-state index in [9.17, 15) is 13.2 Å². The maximum atomic E-state index is 13.2. The van der Waals surface area contributed by atoms with Crippen molar-refractivity contribution in [3.63, 3.8) is 0 Å². The molecule has 2 aromatic rings. The van der Waals surface area contributed by atoms with Crippen molar-refractivity contribution in [2.24, 2.45) is 23.7 Å². The fourth-order valence-corrected chi connectivity index (χ4v) is 8.36. The molecule has 1 spiro atoms. The molecule has 2 aromatic carbocycles. The zero-order valence-corrected chi connectivity index (χ0v) is 25.7.